The average molecular weight is 406 g/mol. The van der Waals surface area contributed by atoms with E-state index >= 15 is 0 Å². The van der Waals surface area contributed by atoms with Crippen LogP contribution in [0.5, 0.6) is 17.2 Å². The zero-order chi connectivity index (χ0) is 18.4. The minimum absolute atomic E-state index is 0.0350. The number of halogens is 1. The van der Waals surface area contributed by atoms with Crippen molar-refractivity contribution in [1.29, 1.82) is 0 Å². The lowest BCUT2D eigenvalue weighted by atomic mass is 10.1. The van der Waals surface area contributed by atoms with Gasteiger partial charge in [0.1, 0.15) is 12.4 Å². The molecule has 7 heteroatoms. The Kier molecular flexibility index (Phi) is 6.19. The second-order valence-corrected chi connectivity index (χ2v) is 5.78. The number of ketones is 1. The third kappa shape index (κ3) is 5.09. The van der Waals surface area contributed by atoms with Crippen LogP contribution in [-0.4, -0.2) is 30.6 Å². The largest absolute Gasteiger partial charge is 0.546 e. The van der Waals surface area contributed by atoms with Crippen molar-refractivity contribution >= 4 is 33.8 Å². The molecule has 0 amide bonds. The summed E-state index contributed by atoms with van der Waals surface area (Å²) in [6.45, 7) is -0.553. The van der Waals surface area contributed by atoms with Crippen molar-refractivity contribution in [2.24, 2.45) is 0 Å². The van der Waals surface area contributed by atoms with E-state index in [0.29, 0.717) is 27.1 Å². The van der Waals surface area contributed by atoms with Gasteiger partial charge in [-0.05, 0) is 54.1 Å². The number of methoxy groups -OCH3 is 1. The van der Waals surface area contributed by atoms with E-state index in [9.17, 15) is 19.8 Å². The summed E-state index contributed by atoms with van der Waals surface area (Å²) in [5.41, 5.74) is 1.02. The highest BCUT2D eigenvalue weighted by molar-refractivity contribution is 9.10. The lowest BCUT2D eigenvalue weighted by Crippen LogP contribution is -2.28. The first-order valence-corrected chi connectivity index (χ1v) is 7.91. The number of aromatic hydroxyl groups is 1. The topological polar surface area (TPSA) is 95.9 Å². The molecule has 0 saturated carbocycles. The van der Waals surface area contributed by atoms with Crippen LogP contribution in [0.25, 0.3) is 6.08 Å². The number of allylic oxidation sites excluding steroid dienone is 1. The van der Waals surface area contributed by atoms with Gasteiger partial charge < -0.3 is 24.5 Å². The van der Waals surface area contributed by atoms with E-state index in [4.69, 9.17) is 9.47 Å². The van der Waals surface area contributed by atoms with Gasteiger partial charge in [-0.2, -0.15) is 0 Å². The summed E-state index contributed by atoms with van der Waals surface area (Å²) in [5.74, 6) is -0.965. The van der Waals surface area contributed by atoms with Crippen LogP contribution in [-0.2, 0) is 4.79 Å². The molecule has 6 nitrogen and oxygen atoms in total. The molecular formula is C18H14BrO6-. The second kappa shape index (κ2) is 8.34. The van der Waals surface area contributed by atoms with Crippen LogP contribution >= 0.6 is 15.9 Å². The van der Waals surface area contributed by atoms with Crippen LogP contribution in [0.3, 0.4) is 0 Å². The van der Waals surface area contributed by atoms with Gasteiger partial charge in [-0.25, -0.2) is 0 Å². The normalized spacial score (nSPS) is 10.6. The number of phenols is 1. The predicted octanol–water partition coefficient (Wildman–Crippen LogP) is 2.19. The van der Waals surface area contributed by atoms with E-state index in [1.54, 1.807) is 12.1 Å². The van der Waals surface area contributed by atoms with Crippen LogP contribution in [0.15, 0.2) is 46.9 Å². The number of ether oxygens (including phenoxy) is 2. The molecule has 2 rings (SSSR count). The number of benzene rings is 2. The van der Waals surface area contributed by atoms with Crippen LogP contribution in [0.4, 0.5) is 0 Å². The van der Waals surface area contributed by atoms with Crippen molar-refractivity contribution in [2.45, 2.75) is 0 Å². The highest BCUT2D eigenvalue weighted by atomic mass is 79.9. The van der Waals surface area contributed by atoms with Gasteiger partial charge in [0, 0.05) is 10.0 Å². The Morgan fingerprint density at radius 1 is 1.24 bits per heavy atom. The Bertz CT molecular complexity index is 811. The number of carbonyl (C=O) groups is 2. The van der Waals surface area contributed by atoms with Gasteiger partial charge >= 0.3 is 0 Å². The molecule has 1 N–H and O–H groups in total. The highest BCUT2D eigenvalue weighted by Gasteiger charge is 2.07. The molecule has 0 radical (unpaired) electrons. The first kappa shape index (κ1) is 18.5. The molecule has 0 unspecified atom stereocenters. The summed E-state index contributed by atoms with van der Waals surface area (Å²) in [6, 6.07) is 9.13. The van der Waals surface area contributed by atoms with Gasteiger partial charge in [0.05, 0.1) is 13.1 Å². The molecule has 2 aromatic carbocycles. The smallest absolute Gasteiger partial charge is 0.185 e. The van der Waals surface area contributed by atoms with Crippen molar-refractivity contribution in [3.63, 3.8) is 0 Å². The Labute approximate surface area is 152 Å². The number of carboxylic acids is 1. The van der Waals surface area contributed by atoms with Gasteiger partial charge in [-0.1, -0.05) is 15.9 Å². The molecular weight excluding hydrogens is 392 g/mol. The zero-order valence-electron chi connectivity index (χ0n) is 13.2. The molecule has 25 heavy (non-hydrogen) atoms. The summed E-state index contributed by atoms with van der Waals surface area (Å²) in [6.07, 6.45) is 2.93. The minimum Gasteiger partial charge on any atom is -0.546 e. The fourth-order valence-electron chi connectivity index (χ4n) is 1.97. The van der Waals surface area contributed by atoms with Crippen molar-refractivity contribution in [2.75, 3.05) is 13.7 Å². The monoisotopic (exact) mass is 405 g/mol. The lowest BCUT2D eigenvalue weighted by Gasteiger charge is -2.07. The van der Waals surface area contributed by atoms with Gasteiger partial charge in [-0.15, -0.1) is 0 Å². The molecule has 0 bridgehead atoms. The average Bonchev–Trinajstić information content (AvgIpc) is 2.60. The molecule has 0 heterocycles. The number of hydrogen-bond acceptors (Lipinski definition) is 6. The maximum atomic E-state index is 12.2. The number of aliphatic carboxylic acids is 1. The van der Waals surface area contributed by atoms with E-state index in [-0.39, 0.29) is 11.5 Å². The van der Waals surface area contributed by atoms with E-state index < -0.39 is 12.6 Å². The molecule has 0 aliphatic rings. The second-order valence-electron chi connectivity index (χ2n) is 4.93. The van der Waals surface area contributed by atoms with Gasteiger partial charge in [0.2, 0.25) is 0 Å². The number of hydrogen-bond donors (Lipinski definition) is 1. The maximum absolute atomic E-state index is 12.2. The predicted molar refractivity (Wildman–Crippen MR) is 92.7 cm³/mol. The Hall–Kier alpha value is -2.80. The van der Waals surface area contributed by atoms with Crippen LogP contribution < -0.4 is 14.6 Å². The SMILES string of the molecule is COc1cc(Br)c(/C=C/C(=O)c2ccc(OCC(=O)[O-])cc2)cc1O. The minimum atomic E-state index is -1.32. The summed E-state index contributed by atoms with van der Waals surface area (Å²) >= 11 is 3.34. The molecule has 2 aromatic rings. The van der Waals surface area contributed by atoms with Gasteiger partial charge in [0.15, 0.2) is 17.3 Å². The Morgan fingerprint density at radius 2 is 1.92 bits per heavy atom. The summed E-state index contributed by atoms with van der Waals surface area (Å²) < 4.78 is 10.6. The number of phenolic OH excluding ortho intramolecular Hbond substituents is 1. The standard InChI is InChI=1S/C18H15BrO6/c1-24-17-9-14(19)12(8-16(17)21)4-7-15(20)11-2-5-13(6-3-11)25-10-18(22)23/h2-9,21H,10H2,1H3,(H,22,23)/p-1/b7-4+. The van der Waals surface area contributed by atoms with Crippen molar-refractivity contribution in [3.05, 3.63) is 58.1 Å². The maximum Gasteiger partial charge on any atom is 0.185 e. The molecule has 0 aliphatic heterocycles. The van der Waals surface area contributed by atoms with Crippen LogP contribution in [0, 0.1) is 0 Å². The molecule has 0 aromatic heterocycles. The summed E-state index contributed by atoms with van der Waals surface area (Å²) in [7, 11) is 1.45. The molecule has 0 saturated heterocycles. The first-order chi connectivity index (χ1) is 11.9. The molecule has 0 fully saturated rings. The summed E-state index contributed by atoms with van der Waals surface area (Å²) in [4.78, 5) is 22.5. The lowest BCUT2D eigenvalue weighted by molar-refractivity contribution is -0.307. The van der Waals surface area contributed by atoms with Crippen molar-refractivity contribution in [1.82, 2.24) is 0 Å². The molecule has 0 aliphatic carbocycles. The van der Waals surface area contributed by atoms with Crippen molar-refractivity contribution in [3.8, 4) is 17.2 Å². The van der Waals surface area contributed by atoms with E-state index in [2.05, 4.69) is 15.9 Å². The summed E-state index contributed by atoms with van der Waals surface area (Å²) in [5, 5.41) is 20.1. The van der Waals surface area contributed by atoms with E-state index in [1.165, 1.54) is 43.5 Å². The Balaban J connectivity index is 2.10. The quantitative estimate of drug-likeness (QED) is 0.560. The number of carbonyl (C=O) groups excluding carboxylic acids is 2. The highest BCUT2D eigenvalue weighted by Crippen LogP contribution is 2.33. The first-order valence-electron chi connectivity index (χ1n) is 7.12. The Morgan fingerprint density at radius 3 is 2.52 bits per heavy atom. The van der Waals surface area contributed by atoms with Gasteiger partial charge in [0.25, 0.3) is 0 Å². The number of rotatable bonds is 7. The van der Waals surface area contributed by atoms with E-state index in [1.807, 2.05) is 0 Å². The van der Waals surface area contributed by atoms with Crippen molar-refractivity contribution < 1.29 is 29.3 Å². The molecule has 0 spiro atoms. The van der Waals surface area contributed by atoms with E-state index in [0.717, 1.165) is 0 Å². The van der Waals surface area contributed by atoms with Crippen LogP contribution in [0.2, 0.25) is 0 Å². The third-order valence-corrected chi connectivity index (χ3v) is 3.89. The number of carboxylic acid groups (broad SMARTS) is 1. The fourth-order valence-corrected chi connectivity index (χ4v) is 2.42. The molecule has 0 atom stereocenters. The fraction of sp³-hybridized carbons (Fsp3) is 0.111. The zero-order valence-corrected chi connectivity index (χ0v) is 14.8. The van der Waals surface area contributed by atoms with Crippen LogP contribution in [0.1, 0.15) is 15.9 Å². The third-order valence-electron chi connectivity index (χ3n) is 3.21. The van der Waals surface area contributed by atoms with Gasteiger partial charge in [-0.3, -0.25) is 4.79 Å². The molecule has 130 valence electrons.